The van der Waals surface area contributed by atoms with Crippen LogP contribution < -0.4 is 5.48 Å². The number of hydrogen-bond acceptors (Lipinski definition) is 2. The van der Waals surface area contributed by atoms with Gasteiger partial charge in [0.1, 0.15) is 6.26 Å². The molecule has 0 saturated carbocycles. The van der Waals surface area contributed by atoms with Gasteiger partial charge >= 0.3 is 0 Å². The molecule has 0 amide bonds. The van der Waals surface area contributed by atoms with Crippen molar-refractivity contribution in [2.45, 2.75) is 13.3 Å². The van der Waals surface area contributed by atoms with Crippen LogP contribution in [0.5, 0.6) is 0 Å². The smallest absolute Gasteiger partial charge is 0.119 e. The molecule has 0 atom stereocenters. The van der Waals surface area contributed by atoms with Gasteiger partial charge in [-0.15, -0.1) is 0 Å². The van der Waals surface area contributed by atoms with Gasteiger partial charge in [0.25, 0.3) is 0 Å². The van der Waals surface area contributed by atoms with E-state index < -0.39 is 0 Å². The van der Waals surface area contributed by atoms with Gasteiger partial charge in [0, 0.05) is 6.20 Å². The second-order valence-corrected chi connectivity index (χ2v) is 3.42. The average Bonchev–Trinajstić information content (AvgIpc) is 2.23. The van der Waals surface area contributed by atoms with Gasteiger partial charge in [0.15, 0.2) is 0 Å². The van der Waals surface area contributed by atoms with E-state index in [1.807, 2.05) is 12.3 Å². The van der Waals surface area contributed by atoms with E-state index in [-0.39, 0.29) is 0 Å². The fourth-order valence-corrected chi connectivity index (χ4v) is 1.37. The zero-order valence-corrected chi connectivity index (χ0v) is 8.16. The summed E-state index contributed by atoms with van der Waals surface area (Å²) in [6.07, 6.45) is 6.44. The minimum atomic E-state index is 0.938. The molecule has 0 bridgehead atoms. The maximum Gasteiger partial charge on any atom is 0.119 e. The van der Waals surface area contributed by atoms with E-state index in [0.717, 1.165) is 6.42 Å². The van der Waals surface area contributed by atoms with Gasteiger partial charge in [-0.25, -0.2) is 5.48 Å². The van der Waals surface area contributed by atoms with E-state index in [9.17, 15) is 0 Å². The highest BCUT2D eigenvalue weighted by Gasteiger charge is 1.99. The molecule has 2 rings (SSSR count). The summed E-state index contributed by atoms with van der Waals surface area (Å²) in [5.74, 6) is 0. The molecule has 0 aliphatic carbocycles. The first-order valence-corrected chi connectivity index (χ1v) is 4.67. The normalized spacial score (nSPS) is 14.2. The second-order valence-electron chi connectivity index (χ2n) is 3.42. The van der Waals surface area contributed by atoms with Crippen LogP contribution in [-0.2, 0) is 11.3 Å². The molecule has 0 spiro atoms. The largest absolute Gasteiger partial charge is 0.391 e. The SMILES string of the molecule is Cc1ccc(CC2=CNOC=C2)cc1. The second kappa shape index (κ2) is 4.01. The van der Waals surface area contributed by atoms with Gasteiger partial charge in [-0.2, -0.15) is 0 Å². The molecule has 1 N–H and O–H groups in total. The van der Waals surface area contributed by atoms with Crippen LogP contribution in [0.15, 0.2) is 48.4 Å². The van der Waals surface area contributed by atoms with Crippen molar-refractivity contribution in [1.82, 2.24) is 5.48 Å². The van der Waals surface area contributed by atoms with Crippen LogP contribution in [0.3, 0.4) is 0 Å². The number of benzene rings is 1. The highest BCUT2D eigenvalue weighted by atomic mass is 16.6. The molecule has 14 heavy (non-hydrogen) atoms. The van der Waals surface area contributed by atoms with Gasteiger partial charge in [-0.1, -0.05) is 29.8 Å². The lowest BCUT2D eigenvalue weighted by Crippen LogP contribution is -2.07. The van der Waals surface area contributed by atoms with E-state index in [1.54, 1.807) is 6.26 Å². The van der Waals surface area contributed by atoms with E-state index in [1.165, 1.54) is 16.7 Å². The Morgan fingerprint density at radius 2 is 2.00 bits per heavy atom. The van der Waals surface area contributed by atoms with E-state index in [0.29, 0.717) is 0 Å². The summed E-state index contributed by atoms with van der Waals surface area (Å²) >= 11 is 0. The maximum atomic E-state index is 4.85. The summed E-state index contributed by atoms with van der Waals surface area (Å²) < 4.78 is 0. The summed E-state index contributed by atoms with van der Waals surface area (Å²) in [5, 5.41) is 0. The first kappa shape index (κ1) is 8.88. The number of aryl methyl sites for hydroxylation is 1. The van der Waals surface area contributed by atoms with Crippen molar-refractivity contribution >= 4 is 0 Å². The molecule has 1 aromatic rings. The predicted molar refractivity (Wildman–Crippen MR) is 56.3 cm³/mol. The molecule has 1 heterocycles. The Morgan fingerprint density at radius 1 is 1.21 bits per heavy atom. The minimum Gasteiger partial charge on any atom is -0.391 e. The Balaban J connectivity index is 2.07. The number of hydrogen-bond donors (Lipinski definition) is 1. The zero-order valence-electron chi connectivity index (χ0n) is 8.16. The van der Waals surface area contributed by atoms with Crippen LogP contribution in [-0.4, -0.2) is 0 Å². The molecule has 1 aromatic carbocycles. The van der Waals surface area contributed by atoms with Crippen LogP contribution in [0, 0.1) is 6.92 Å². The fourth-order valence-electron chi connectivity index (χ4n) is 1.37. The van der Waals surface area contributed by atoms with Crippen molar-refractivity contribution in [3.8, 4) is 0 Å². The van der Waals surface area contributed by atoms with Crippen molar-refractivity contribution < 1.29 is 4.84 Å². The molecule has 2 heteroatoms. The van der Waals surface area contributed by atoms with Crippen molar-refractivity contribution in [2.75, 3.05) is 0 Å². The van der Waals surface area contributed by atoms with Crippen molar-refractivity contribution in [1.29, 1.82) is 0 Å². The Morgan fingerprint density at radius 3 is 2.64 bits per heavy atom. The topological polar surface area (TPSA) is 21.3 Å². The van der Waals surface area contributed by atoms with Gasteiger partial charge < -0.3 is 4.84 Å². The quantitative estimate of drug-likeness (QED) is 0.768. The summed E-state index contributed by atoms with van der Waals surface area (Å²) in [4.78, 5) is 4.85. The Bertz CT molecular complexity index is 362. The van der Waals surface area contributed by atoms with E-state index in [2.05, 4.69) is 36.7 Å². The lowest BCUT2D eigenvalue weighted by Gasteiger charge is -2.08. The van der Waals surface area contributed by atoms with Crippen LogP contribution >= 0.6 is 0 Å². The Labute approximate surface area is 83.9 Å². The van der Waals surface area contributed by atoms with Gasteiger partial charge in [-0.05, 0) is 30.6 Å². The number of nitrogens with one attached hydrogen (secondary N) is 1. The third-order valence-electron chi connectivity index (χ3n) is 2.19. The molecule has 1 aliphatic rings. The first-order valence-electron chi connectivity index (χ1n) is 4.67. The van der Waals surface area contributed by atoms with Crippen molar-refractivity contribution in [3.05, 3.63) is 59.5 Å². The number of hydroxylamine groups is 1. The Kier molecular flexibility index (Phi) is 2.54. The molecule has 0 aromatic heterocycles. The van der Waals surface area contributed by atoms with Gasteiger partial charge in [0.05, 0.1) is 0 Å². The van der Waals surface area contributed by atoms with E-state index >= 15 is 0 Å². The van der Waals surface area contributed by atoms with Crippen LogP contribution in [0.4, 0.5) is 0 Å². The summed E-state index contributed by atoms with van der Waals surface area (Å²) in [6, 6.07) is 8.57. The van der Waals surface area contributed by atoms with Crippen LogP contribution in [0.1, 0.15) is 11.1 Å². The molecule has 0 radical (unpaired) electrons. The van der Waals surface area contributed by atoms with Crippen molar-refractivity contribution in [2.24, 2.45) is 0 Å². The lowest BCUT2D eigenvalue weighted by atomic mass is 10.0. The molecular formula is C12H13NO. The molecule has 0 fully saturated rings. The molecule has 72 valence electrons. The molecule has 2 nitrogen and oxygen atoms in total. The molecule has 1 aliphatic heterocycles. The van der Waals surface area contributed by atoms with Gasteiger partial charge in [0.2, 0.25) is 0 Å². The standard InChI is InChI=1S/C12H13NO/c1-10-2-4-11(5-3-10)8-12-6-7-14-13-9-12/h2-7,9,13H,8H2,1H3. The highest BCUT2D eigenvalue weighted by molar-refractivity contribution is 5.30. The summed E-state index contributed by atoms with van der Waals surface area (Å²) in [6.45, 7) is 2.10. The van der Waals surface area contributed by atoms with Crippen LogP contribution in [0.25, 0.3) is 0 Å². The third kappa shape index (κ3) is 2.16. The van der Waals surface area contributed by atoms with Crippen molar-refractivity contribution in [3.63, 3.8) is 0 Å². The minimum absolute atomic E-state index is 0.938. The maximum absolute atomic E-state index is 4.85. The predicted octanol–water partition coefficient (Wildman–Crippen LogP) is 2.47. The zero-order chi connectivity index (χ0) is 9.80. The summed E-state index contributed by atoms with van der Waals surface area (Å²) in [5.41, 5.74) is 6.55. The fraction of sp³-hybridized carbons (Fsp3) is 0.167. The molecule has 0 saturated heterocycles. The number of rotatable bonds is 2. The lowest BCUT2D eigenvalue weighted by molar-refractivity contribution is 0.170. The Hall–Kier alpha value is -1.70. The van der Waals surface area contributed by atoms with Crippen LogP contribution in [0.2, 0.25) is 0 Å². The van der Waals surface area contributed by atoms with E-state index in [4.69, 9.17) is 4.84 Å². The summed E-state index contributed by atoms with van der Waals surface area (Å²) in [7, 11) is 0. The molecular weight excluding hydrogens is 174 g/mol. The highest BCUT2D eigenvalue weighted by Crippen LogP contribution is 2.11. The third-order valence-corrected chi connectivity index (χ3v) is 2.19. The van der Waals surface area contributed by atoms with Gasteiger partial charge in [-0.3, -0.25) is 0 Å². The first-order chi connectivity index (χ1) is 6.84. The average molecular weight is 187 g/mol. The number of allylic oxidation sites excluding steroid dienone is 2. The molecule has 0 unspecified atom stereocenters. The monoisotopic (exact) mass is 187 g/mol.